The van der Waals surface area contributed by atoms with Gasteiger partial charge < -0.3 is 120 Å². The molecule has 6 aliphatic rings. The highest BCUT2D eigenvalue weighted by atomic mass is 16.6. The molecule has 12 heterocycles. The normalized spacial score (nSPS) is 32.6. The van der Waals surface area contributed by atoms with Crippen molar-refractivity contribution in [2.45, 2.75) is 113 Å². The number of cyclic esters (lactones) is 6. The van der Waals surface area contributed by atoms with E-state index in [1.54, 1.807) is 36.4 Å². The minimum absolute atomic E-state index is 0.0646. The quantitative estimate of drug-likeness (QED) is 0.0186. The van der Waals surface area contributed by atoms with Crippen LogP contribution in [0.3, 0.4) is 0 Å². The lowest BCUT2D eigenvalue weighted by molar-refractivity contribution is 0.176. The number of carbonyl (C=O) groups excluding carboxylic acids is 6. The summed E-state index contributed by atoms with van der Waals surface area (Å²) in [5.74, 6) is 0. The highest BCUT2D eigenvalue weighted by molar-refractivity contribution is 5.88. The van der Waals surface area contributed by atoms with Gasteiger partial charge in [-0.05, 0) is 301 Å². The zero-order chi connectivity index (χ0) is 141. The number of carbonyl (C=O) groups is 6. The van der Waals surface area contributed by atoms with Crippen LogP contribution in [-0.2, 0) is 105 Å². The van der Waals surface area contributed by atoms with E-state index in [2.05, 4.69) is 59.3 Å². The van der Waals surface area contributed by atoms with E-state index in [1.165, 1.54) is 93.9 Å². The Kier molecular flexibility index (Phi) is 14.6. The first-order valence-corrected chi connectivity index (χ1v) is 38.2. The van der Waals surface area contributed by atoms with Crippen LogP contribution in [0.1, 0.15) is 141 Å². The van der Waals surface area contributed by atoms with Crippen molar-refractivity contribution in [1.82, 2.24) is 91.2 Å². The average molecular weight is 1780 g/mol. The summed E-state index contributed by atoms with van der Waals surface area (Å²) in [4.78, 5) is 84.1. The lowest BCUT2D eigenvalue weighted by Crippen LogP contribution is -2.28. The topological polar surface area (TPSA) is 344 Å². The number of alkyl carbamates (subject to hydrolysis) is 6. The maximum absolute atomic E-state index is 11.6. The van der Waals surface area contributed by atoms with E-state index in [-0.39, 0.29) is 146 Å². The number of amides is 6. The number of likely N-dealkylation sites (N-methyl/N-ethyl adjacent to an activating group) is 6. The first-order valence-electron chi connectivity index (χ1n) is 67.9. The first-order chi connectivity index (χ1) is 84.1. The minimum atomic E-state index is -3.66. The molecule has 6 atom stereocenters. The van der Waals surface area contributed by atoms with Crippen LogP contribution < -0.4 is 31.9 Å². The Balaban J connectivity index is 0.000000181. The first kappa shape index (κ1) is 42.0. The molecule has 672 valence electrons. The van der Waals surface area contributed by atoms with Gasteiger partial charge in [-0.25, -0.2) is 28.8 Å². The third-order valence-corrected chi connectivity index (χ3v) is 18.5. The fourth-order valence-corrected chi connectivity index (χ4v) is 12.7. The molecule has 0 unspecified atom stereocenters. The van der Waals surface area contributed by atoms with Crippen LogP contribution in [0.25, 0.3) is 65.4 Å². The van der Waals surface area contributed by atoms with Gasteiger partial charge in [-0.15, -0.1) is 0 Å². The second kappa shape index (κ2) is 43.7. The predicted octanol–water partition coefficient (Wildman–Crippen LogP) is 11.5. The van der Waals surface area contributed by atoms with Gasteiger partial charge in [0.1, 0.15) is 39.4 Å². The molecular formula is C96H126N18O12. The van der Waals surface area contributed by atoms with Gasteiger partial charge in [-0.2, -0.15) is 0 Å². The van der Waals surface area contributed by atoms with Crippen molar-refractivity contribution in [3.63, 3.8) is 0 Å². The van der Waals surface area contributed by atoms with Crippen molar-refractivity contribution in [1.29, 1.82) is 0 Å². The molecule has 0 saturated carbocycles. The summed E-state index contributed by atoms with van der Waals surface area (Å²) >= 11 is 0. The Hall–Kier alpha value is -12.1. The lowest BCUT2D eigenvalue weighted by atomic mass is 10.0. The summed E-state index contributed by atoms with van der Waals surface area (Å²) in [6.07, 6.45) is -19.2. The Bertz CT molecular complexity index is 8660. The number of hydrogen-bond acceptors (Lipinski definition) is 18. The van der Waals surface area contributed by atoms with E-state index in [0.29, 0.717) is 84.0 Å². The van der Waals surface area contributed by atoms with Crippen LogP contribution >= 0.6 is 0 Å². The molecule has 0 bridgehead atoms. The second-order valence-electron chi connectivity index (χ2n) is 28.7. The second-order valence-corrected chi connectivity index (χ2v) is 28.7. The number of fused-ring (bicyclic) bond motifs is 6. The third kappa shape index (κ3) is 26.5. The Morgan fingerprint density at radius 2 is 0.587 bits per heavy atom. The third-order valence-electron chi connectivity index (χ3n) is 18.5. The molecule has 0 radical (unpaired) electrons. The number of H-pyrrole nitrogens is 6. The maximum atomic E-state index is 11.6. The standard InChI is InChI=1S/6C16H21N3O2/c6*1-19(2)6-5-12-9-17-15-4-3-11(8-14(12)15)7-13-10-21-16(20)18-13/h6*3-4,8-9,13,17H,5-7,10H2,1-2H3,(H,18,20)/t6*13-/m000000/s1/i1D3,2D3,5D2,6D2,9D,10D2,13D;1D3,5D2,6D2,9D,10D2,13D;5D2,6D2,9D,10D2,13D;1D3,2D3,9D,10D2,13D;1D3,9D,10D2,13D;9D,10D2,13D/hD6. The molecule has 0 aliphatic carbocycles. The number of hydrogen-bond donors (Lipinski definition) is 12. The molecule has 6 saturated heterocycles. The molecule has 6 aromatic carbocycles. The SMILES string of the molecule is [2H]c1[nH]c2ccc(C[C@]3([2H])NC(=O)OC3([2H])[2H])cc2c1C([2H])([2H])C([2H])([2H])N(C([2H])([2H])[2H])C([2H])([2H])[2H].[2H]c1[nH]c2ccc(C[C@]3([2H])NC(=O)OC3([2H])[2H])cc2c1C([2H])([2H])C([2H])([2H])N(C)C.[2H]c1[nH]c2ccc(C[C@]3([2H])NC(=O)OC3([2H])[2H])cc2c1C([2H])([2H])C([2H])([2H])N(C)C([2H])([2H])[2H].[2H]c1c(CCN(C([2H])([2H])[2H])C([2H])([2H])[2H])c2cc(C[C@]3([2H])N([2H])C(=O)OC3([2H])[2H])ccc2n1[2H].[2H]c1c(CCN(C)C([2H])([2H])[2H])c2cc(C[C@]3([2H])N([2H])C(=O)OC3([2H])[2H])ccc2n1[2H].[2H]c1c(CCN(C)C)c2cc(C[C@]3([2H])N([2H])C(=O)OC3([2H])[2H])ccc2n1[2H]. The van der Waals surface area contributed by atoms with E-state index in [1.807, 2.05) is 19.0 Å². The van der Waals surface area contributed by atoms with E-state index in [4.69, 9.17) is 82.5 Å². The van der Waals surface area contributed by atoms with Gasteiger partial charge in [0.15, 0.2) is 8.47 Å². The summed E-state index contributed by atoms with van der Waals surface area (Å²) in [7, 11) is 8.99. The molecule has 0 spiro atoms. The van der Waals surface area contributed by atoms with Crippen molar-refractivity contribution < 1.29 is 140 Å². The van der Waals surface area contributed by atoms with Gasteiger partial charge in [-0.1, -0.05) is 36.4 Å². The Labute approximate surface area is 821 Å². The van der Waals surface area contributed by atoms with Crippen LogP contribution in [0.15, 0.2) is 146 Å². The van der Waals surface area contributed by atoms with Gasteiger partial charge in [0, 0.05) is 183 Å². The van der Waals surface area contributed by atoms with Crippen molar-refractivity contribution >= 4 is 102 Å². The van der Waals surface area contributed by atoms with Crippen molar-refractivity contribution in [2.75, 3.05) is 163 Å². The summed E-state index contributed by atoms with van der Waals surface area (Å²) in [5.41, 5.74) is 4.12. The summed E-state index contributed by atoms with van der Waals surface area (Å²) in [5, 5.41) is 8.49. The number of ether oxygens (including phenoxy) is 6. The predicted molar refractivity (Wildman–Crippen MR) is 495 cm³/mol. The molecule has 6 aliphatic heterocycles. The van der Waals surface area contributed by atoms with E-state index in [9.17, 15) is 28.8 Å². The van der Waals surface area contributed by atoms with Crippen LogP contribution in [0.4, 0.5) is 28.8 Å². The number of rotatable bonds is 30. The van der Waals surface area contributed by atoms with Crippen LogP contribution in [0.5, 0.6) is 0 Å². The fraction of sp³-hybridized carbons (Fsp3) is 0.438. The summed E-state index contributed by atoms with van der Waals surface area (Å²) in [6.45, 7) is -43.0. The van der Waals surface area contributed by atoms with Gasteiger partial charge in [0.25, 0.3) is 0 Å². The lowest BCUT2D eigenvalue weighted by Gasteiger charge is -2.09. The number of aromatic nitrogens is 6. The largest absolute Gasteiger partial charge is 0.447 e. The highest BCUT2D eigenvalue weighted by Crippen LogP contribution is 2.29. The Morgan fingerprint density at radius 3 is 0.865 bits per heavy atom. The molecule has 6 amide bonds. The molecule has 126 heavy (non-hydrogen) atoms. The Morgan fingerprint density at radius 1 is 0.325 bits per heavy atom. The molecule has 30 heteroatoms. The number of benzene rings is 6. The average Bonchev–Trinajstić information content (AvgIpc) is 1.50. The smallest absolute Gasteiger partial charge is 0.407 e. The van der Waals surface area contributed by atoms with E-state index in [0.717, 1.165) is 31.8 Å². The van der Waals surface area contributed by atoms with Crippen LogP contribution in [0.2, 0.25) is 8.47 Å². The van der Waals surface area contributed by atoms with Crippen LogP contribution in [-0.4, -0.2) is 295 Å². The maximum Gasteiger partial charge on any atom is 0.407 e. The molecule has 12 aromatic rings. The highest BCUT2D eigenvalue weighted by Gasteiger charge is 2.29. The van der Waals surface area contributed by atoms with Gasteiger partial charge in [0.2, 0.25) is 0 Å². The van der Waals surface area contributed by atoms with Gasteiger partial charge in [-0.3, -0.25) is 0 Å². The fourth-order valence-electron chi connectivity index (χ4n) is 12.7. The number of nitrogens with zero attached hydrogens (tertiary/aromatic N) is 6. The molecule has 12 N–H and O–H groups in total. The van der Waals surface area contributed by atoms with Crippen LogP contribution in [0, 0.1) is 0 Å². The molecular weight excluding hydrogens is 1600 g/mol. The monoisotopic (exact) mass is 1780 g/mol. The summed E-state index contributed by atoms with van der Waals surface area (Å²) in [6, 6.07) is 13.3. The number of nitrogens with one attached hydrogen (secondary N) is 12. The molecule has 30 nitrogen and oxygen atoms in total. The van der Waals surface area contributed by atoms with E-state index < -0.39 is 240 Å². The van der Waals surface area contributed by atoms with Crippen molar-refractivity contribution in [2.24, 2.45) is 0 Å². The van der Waals surface area contributed by atoms with Gasteiger partial charge >= 0.3 is 36.6 Å². The zero-order valence-electron chi connectivity index (χ0n) is 128. The van der Waals surface area contributed by atoms with Gasteiger partial charge in [0.05, 0.1) is 69.0 Å². The molecule has 6 aromatic heterocycles. The molecule has 6 fully saturated rings. The van der Waals surface area contributed by atoms with Crippen molar-refractivity contribution in [3.05, 3.63) is 213 Å². The minimum Gasteiger partial charge on any atom is -0.447 e. The number of aryl methyl sites for hydroxylation is 3. The number of aromatic amines is 6. The van der Waals surface area contributed by atoms with E-state index >= 15 is 0 Å². The molecule has 18 rings (SSSR count). The van der Waals surface area contributed by atoms with Crippen molar-refractivity contribution in [3.8, 4) is 0 Å². The zero-order valence-corrected chi connectivity index (χ0v) is 68.1. The summed E-state index contributed by atoms with van der Waals surface area (Å²) < 4.78 is 501.